The van der Waals surface area contributed by atoms with Gasteiger partial charge in [0.15, 0.2) is 0 Å². The van der Waals surface area contributed by atoms with Crippen molar-refractivity contribution in [3.63, 3.8) is 0 Å². The van der Waals surface area contributed by atoms with Crippen molar-refractivity contribution >= 4 is 38.3 Å². The van der Waals surface area contributed by atoms with Crippen molar-refractivity contribution in [1.29, 1.82) is 0 Å². The molecule has 0 radical (unpaired) electrons. The Labute approximate surface area is 225 Å². The molecule has 0 aliphatic heterocycles. The SMILES string of the molecule is Cn1c(=O)n(C)c2cc(NC(=O)CN(c3ccc(Oc4ccccc4)cc3)S(=O)(=O)c3ccccc3)ccc21. The maximum absolute atomic E-state index is 13.6. The Balaban J connectivity index is 1.43. The Morgan fingerprint density at radius 1 is 0.795 bits per heavy atom. The second kappa shape index (κ2) is 10.5. The molecule has 0 aliphatic rings. The van der Waals surface area contributed by atoms with Crippen molar-refractivity contribution in [1.82, 2.24) is 9.13 Å². The summed E-state index contributed by atoms with van der Waals surface area (Å²) in [6.07, 6.45) is 0. The van der Waals surface area contributed by atoms with Crippen LogP contribution in [0.25, 0.3) is 11.0 Å². The molecule has 1 N–H and O–H groups in total. The predicted molar refractivity (Wildman–Crippen MR) is 151 cm³/mol. The van der Waals surface area contributed by atoms with Crippen LogP contribution in [0.4, 0.5) is 11.4 Å². The number of fused-ring (bicyclic) bond motifs is 1. The van der Waals surface area contributed by atoms with E-state index in [4.69, 9.17) is 4.74 Å². The third-order valence-corrected chi connectivity index (χ3v) is 8.07. The summed E-state index contributed by atoms with van der Waals surface area (Å²) in [5.74, 6) is 0.624. The second-order valence-corrected chi connectivity index (χ2v) is 10.7. The van der Waals surface area contributed by atoms with Gasteiger partial charge < -0.3 is 10.1 Å². The van der Waals surface area contributed by atoms with E-state index in [1.807, 2.05) is 30.3 Å². The fourth-order valence-corrected chi connectivity index (χ4v) is 5.70. The Hall–Kier alpha value is -4.83. The summed E-state index contributed by atoms with van der Waals surface area (Å²) >= 11 is 0. The number of aromatic nitrogens is 2. The maximum atomic E-state index is 13.6. The van der Waals surface area contributed by atoms with E-state index in [1.54, 1.807) is 74.8 Å². The minimum absolute atomic E-state index is 0.0584. The highest BCUT2D eigenvalue weighted by molar-refractivity contribution is 7.92. The maximum Gasteiger partial charge on any atom is 0.328 e. The Morgan fingerprint density at radius 2 is 1.38 bits per heavy atom. The molecule has 1 heterocycles. The van der Waals surface area contributed by atoms with E-state index in [0.29, 0.717) is 33.9 Å². The number of sulfonamides is 1. The van der Waals surface area contributed by atoms with Crippen LogP contribution in [0.15, 0.2) is 113 Å². The smallest absolute Gasteiger partial charge is 0.328 e. The first kappa shape index (κ1) is 25.8. The van der Waals surface area contributed by atoms with Gasteiger partial charge in [-0.1, -0.05) is 36.4 Å². The fourth-order valence-electron chi connectivity index (χ4n) is 4.26. The summed E-state index contributed by atoms with van der Waals surface area (Å²) in [5.41, 5.74) is 1.91. The van der Waals surface area contributed by atoms with Gasteiger partial charge in [-0.25, -0.2) is 13.2 Å². The number of amides is 1. The summed E-state index contributed by atoms with van der Waals surface area (Å²) in [5, 5.41) is 2.76. The van der Waals surface area contributed by atoms with E-state index in [1.165, 1.54) is 21.3 Å². The second-order valence-electron chi connectivity index (χ2n) is 8.89. The first-order valence-electron chi connectivity index (χ1n) is 12.1. The lowest BCUT2D eigenvalue weighted by Crippen LogP contribution is -2.38. The molecule has 0 bridgehead atoms. The minimum Gasteiger partial charge on any atom is -0.457 e. The van der Waals surface area contributed by atoms with E-state index in [9.17, 15) is 18.0 Å². The van der Waals surface area contributed by atoms with Crippen molar-refractivity contribution in [2.45, 2.75) is 4.90 Å². The van der Waals surface area contributed by atoms with Crippen molar-refractivity contribution < 1.29 is 17.9 Å². The van der Waals surface area contributed by atoms with Crippen LogP contribution < -0.4 is 20.0 Å². The predicted octanol–water partition coefficient (Wildman–Crippen LogP) is 4.50. The number of carbonyl (C=O) groups is 1. The number of anilines is 2. The molecule has 4 aromatic carbocycles. The highest BCUT2D eigenvalue weighted by atomic mass is 32.2. The Morgan fingerprint density at radius 3 is 2.05 bits per heavy atom. The highest BCUT2D eigenvalue weighted by Gasteiger charge is 2.27. The molecule has 0 saturated carbocycles. The first-order chi connectivity index (χ1) is 18.7. The number of benzene rings is 4. The molecule has 0 fully saturated rings. The largest absolute Gasteiger partial charge is 0.457 e. The van der Waals surface area contributed by atoms with Crippen molar-refractivity contribution in [3.8, 4) is 11.5 Å². The number of hydrogen-bond donors (Lipinski definition) is 1. The number of carbonyl (C=O) groups excluding carboxylic acids is 1. The van der Waals surface area contributed by atoms with E-state index >= 15 is 0 Å². The minimum atomic E-state index is -4.07. The lowest BCUT2D eigenvalue weighted by atomic mass is 10.2. The summed E-state index contributed by atoms with van der Waals surface area (Å²) in [6.45, 7) is -0.470. The summed E-state index contributed by atoms with van der Waals surface area (Å²) in [7, 11) is -0.754. The van der Waals surface area contributed by atoms with Gasteiger partial charge in [0.25, 0.3) is 10.0 Å². The first-order valence-corrected chi connectivity index (χ1v) is 13.5. The molecule has 10 heteroatoms. The number of ether oxygens (including phenoxy) is 1. The van der Waals surface area contributed by atoms with Crippen LogP contribution >= 0.6 is 0 Å². The molecule has 1 aromatic heterocycles. The van der Waals surface area contributed by atoms with Crippen LogP contribution in [-0.4, -0.2) is 30.0 Å². The topological polar surface area (TPSA) is 103 Å². The number of hydrogen-bond acceptors (Lipinski definition) is 5. The third kappa shape index (κ3) is 5.27. The molecule has 0 saturated heterocycles. The Bertz CT molecular complexity index is 1800. The summed E-state index contributed by atoms with van der Waals surface area (Å²) in [6, 6.07) is 28.7. The normalized spacial score (nSPS) is 11.3. The standard InChI is InChI=1S/C29H26N4O5S/c1-31-26-18-13-21(19-27(26)32(2)29(31)35)30-28(34)20-33(39(36,37)25-11-7-4-8-12-25)22-14-16-24(17-15-22)38-23-9-5-3-6-10-23/h3-19H,20H2,1-2H3,(H,30,34). The zero-order valence-electron chi connectivity index (χ0n) is 21.3. The lowest BCUT2D eigenvalue weighted by Gasteiger charge is -2.24. The van der Waals surface area contributed by atoms with Crippen LogP contribution in [0.2, 0.25) is 0 Å². The average Bonchev–Trinajstić information content (AvgIpc) is 3.16. The van der Waals surface area contributed by atoms with Gasteiger partial charge in [0.05, 0.1) is 21.6 Å². The van der Waals surface area contributed by atoms with Gasteiger partial charge in [-0.3, -0.25) is 18.2 Å². The molecule has 0 aliphatic carbocycles. The van der Waals surface area contributed by atoms with Crippen LogP contribution in [0.1, 0.15) is 0 Å². The zero-order valence-corrected chi connectivity index (χ0v) is 22.1. The van der Waals surface area contributed by atoms with E-state index in [0.717, 1.165) is 4.31 Å². The van der Waals surface area contributed by atoms with Crippen LogP contribution in [0, 0.1) is 0 Å². The fraction of sp³-hybridized carbons (Fsp3) is 0.103. The quantitative estimate of drug-likeness (QED) is 0.311. The van der Waals surface area contributed by atoms with Gasteiger partial charge in [0, 0.05) is 19.8 Å². The molecule has 5 rings (SSSR count). The van der Waals surface area contributed by atoms with Crippen LogP contribution in [0.3, 0.4) is 0 Å². The van der Waals surface area contributed by atoms with Gasteiger partial charge in [0.2, 0.25) is 5.91 Å². The van der Waals surface area contributed by atoms with E-state index in [2.05, 4.69) is 5.32 Å². The number of aryl methyl sites for hydroxylation is 2. The highest BCUT2D eigenvalue weighted by Crippen LogP contribution is 2.28. The van der Waals surface area contributed by atoms with Gasteiger partial charge >= 0.3 is 5.69 Å². The third-order valence-electron chi connectivity index (χ3n) is 6.28. The van der Waals surface area contributed by atoms with E-state index in [-0.39, 0.29) is 10.6 Å². The van der Waals surface area contributed by atoms with Crippen molar-refractivity contribution in [3.05, 3.63) is 114 Å². The molecular formula is C29H26N4O5S. The van der Waals surface area contributed by atoms with Crippen molar-refractivity contribution in [2.24, 2.45) is 14.1 Å². The van der Waals surface area contributed by atoms with Crippen LogP contribution in [0.5, 0.6) is 11.5 Å². The van der Waals surface area contributed by atoms with Gasteiger partial charge in [-0.05, 0) is 66.7 Å². The molecule has 1 amide bonds. The number of imidazole rings is 1. The van der Waals surface area contributed by atoms with Gasteiger partial charge in [-0.15, -0.1) is 0 Å². The zero-order chi connectivity index (χ0) is 27.6. The lowest BCUT2D eigenvalue weighted by molar-refractivity contribution is -0.114. The average molecular weight is 543 g/mol. The van der Waals surface area contributed by atoms with Crippen molar-refractivity contribution in [2.75, 3.05) is 16.2 Å². The molecule has 39 heavy (non-hydrogen) atoms. The Kier molecular flexibility index (Phi) is 6.95. The summed E-state index contributed by atoms with van der Waals surface area (Å²) < 4.78 is 37.1. The molecule has 0 unspecified atom stereocenters. The van der Waals surface area contributed by atoms with Gasteiger partial charge in [0.1, 0.15) is 18.0 Å². The number of nitrogens with one attached hydrogen (secondary N) is 1. The van der Waals surface area contributed by atoms with Crippen LogP contribution in [-0.2, 0) is 28.9 Å². The van der Waals surface area contributed by atoms with Gasteiger partial charge in [-0.2, -0.15) is 0 Å². The molecule has 5 aromatic rings. The molecule has 0 atom stereocenters. The van der Waals surface area contributed by atoms with E-state index < -0.39 is 22.5 Å². The molecule has 198 valence electrons. The number of para-hydroxylation sites is 1. The monoisotopic (exact) mass is 542 g/mol. The number of nitrogens with zero attached hydrogens (tertiary/aromatic N) is 3. The molecular weight excluding hydrogens is 516 g/mol. The molecule has 0 spiro atoms. The number of rotatable bonds is 8. The molecule has 9 nitrogen and oxygen atoms in total. The summed E-state index contributed by atoms with van der Waals surface area (Å²) in [4.78, 5) is 25.5.